The third-order valence-corrected chi connectivity index (χ3v) is 1.61. The number of esters is 1. The van der Waals surface area contributed by atoms with Gasteiger partial charge >= 0.3 is 5.97 Å². The van der Waals surface area contributed by atoms with Crippen LogP contribution in [0.5, 0.6) is 0 Å². The number of hydrogen-bond donors (Lipinski definition) is 0. The van der Waals surface area contributed by atoms with Crippen molar-refractivity contribution < 1.29 is 9.53 Å². The highest BCUT2D eigenvalue weighted by Gasteiger charge is 2.13. The average Bonchev–Trinajstić information content (AvgIpc) is 2.08. The lowest BCUT2D eigenvalue weighted by molar-refractivity contribution is -0.148. The SMILES string of the molecule is CCCC/C=C\C=C\C(=O)OC(C)(C)C. The Kier molecular flexibility index (Phi) is 6.76. The Hall–Kier alpha value is -1.05. The van der Waals surface area contributed by atoms with E-state index in [1.54, 1.807) is 6.08 Å². The van der Waals surface area contributed by atoms with Crippen LogP contribution in [0.15, 0.2) is 24.3 Å². The summed E-state index contributed by atoms with van der Waals surface area (Å²) >= 11 is 0. The highest BCUT2D eigenvalue weighted by molar-refractivity contribution is 5.82. The molecular weight excluding hydrogens is 188 g/mol. The maximum atomic E-state index is 11.2. The van der Waals surface area contributed by atoms with Gasteiger partial charge in [0.1, 0.15) is 5.60 Å². The van der Waals surface area contributed by atoms with Gasteiger partial charge in [0.25, 0.3) is 0 Å². The van der Waals surface area contributed by atoms with Gasteiger partial charge in [-0.05, 0) is 27.2 Å². The molecule has 0 heterocycles. The molecule has 0 atom stereocenters. The number of allylic oxidation sites excluding steroid dienone is 3. The first-order valence-electron chi connectivity index (χ1n) is 5.52. The molecule has 15 heavy (non-hydrogen) atoms. The fraction of sp³-hybridized carbons (Fsp3) is 0.615. The second kappa shape index (κ2) is 7.27. The molecule has 0 saturated carbocycles. The largest absolute Gasteiger partial charge is 0.457 e. The number of carbonyl (C=O) groups excluding carboxylic acids is 1. The van der Waals surface area contributed by atoms with E-state index < -0.39 is 5.60 Å². The summed E-state index contributed by atoms with van der Waals surface area (Å²) in [6.07, 6.45) is 10.6. The van der Waals surface area contributed by atoms with Crippen molar-refractivity contribution in [3.8, 4) is 0 Å². The molecule has 0 bridgehead atoms. The number of hydrogen-bond acceptors (Lipinski definition) is 2. The molecule has 0 amide bonds. The van der Waals surface area contributed by atoms with Crippen molar-refractivity contribution >= 4 is 5.97 Å². The van der Waals surface area contributed by atoms with E-state index in [0.29, 0.717) is 0 Å². The van der Waals surface area contributed by atoms with E-state index in [2.05, 4.69) is 13.0 Å². The number of unbranched alkanes of at least 4 members (excludes halogenated alkanes) is 2. The van der Waals surface area contributed by atoms with E-state index in [9.17, 15) is 4.79 Å². The molecule has 0 rings (SSSR count). The van der Waals surface area contributed by atoms with Gasteiger partial charge in [-0.2, -0.15) is 0 Å². The van der Waals surface area contributed by atoms with Crippen molar-refractivity contribution in [3.05, 3.63) is 24.3 Å². The van der Waals surface area contributed by atoms with Crippen LogP contribution in [0, 0.1) is 0 Å². The minimum absolute atomic E-state index is 0.289. The Morgan fingerprint density at radius 1 is 1.27 bits per heavy atom. The normalized spacial score (nSPS) is 12.5. The third-order valence-electron chi connectivity index (χ3n) is 1.61. The molecule has 0 aromatic carbocycles. The quantitative estimate of drug-likeness (QED) is 0.300. The molecule has 0 saturated heterocycles. The smallest absolute Gasteiger partial charge is 0.331 e. The molecule has 0 aromatic rings. The minimum atomic E-state index is -0.409. The van der Waals surface area contributed by atoms with Gasteiger partial charge in [-0.1, -0.05) is 38.0 Å². The van der Waals surface area contributed by atoms with E-state index in [0.717, 1.165) is 6.42 Å². The molecule has 0 fully saturated rings. The fourth-order valence-corrected chi connectivity index (χ4v) is 0.967. The lowest BCUT2D eigenvalue weighted by Gasteiger charge is -2.17. The van der Waals surface area contributed by atoms with Crippen LogP contribution < -0.4 is 0 Å². The number of carbonyl (C=O) groups is 1. The standard InChI is InChI=1S/C13H22O2/c1-5-6-7-8-9-10-11-12(14)15-13(2,3)4/h8-11H,5-7H2,1-4H3/b9-8-,11-10+. The van der Waals surface area contributed by atoms with Crippen LogP contribution >= 0.6 is 0 Å². The van der Waals surface area contributed by atoms with Crippen LogP contribution in [0.25, 0.3) is 0 Å². The van der Waals surface area contributed by atoms with Crippen LogP contribution in [0.1, 0.15) is 47.0 Å². The Morgan fingerprint density at radius 3 is 2.47 bits per heavy atom. The van der Waals surface area contributed by atoms with Gasteiger partial charge in [-0.15, -0.1) is 0 Å². The molecule has 0 unspecified atom stereocenters. The van der Waals surface area contributed by atoms with E-state index in [-0.39, 0.29) is 5.97 Å². The van der Waals surface area contributed by atoms with Crippen LogP contribution in [0.2, 0.25) is 0 Å². The van der Waals surface area contributed by atoms with Crippen LogP contribution in [0.4, 0.5) is 0 Å². The average molecular weight is 210 g/mol. The van der Waals surface area contributed by atoms with Crippen molar-refractivity contribution in [3.63, 3.8) is 0 Å². The predicted molar refractivity (Wildman–Crippen MR) is 63.7 cm³/mol. The van der Waals surface area contributed by atoms with Crippen molar-refractivity contribution in [1.82, 2.24) is 0 Å². The fourth-order valence-electron chi connectivity index (χ4n) is 0.967. The predicted octanol–water partition coefficient (Wildman–Crippen LogP) is 3.63. The first kappa shape index (κ1) is 13.9. The molecule has 0 aliphatic heterocycles. The van der Waals surface area contributed by atoms with Crippen LogP contribution in [0.3, 0.4) is 0 Å². The van der Waals surface area contributed by atoms with Crippen LogP contribution in [-0.4, -0.2) is 11.6 Å². The summed E-state index contributed by atoms with van der Waals surface area (Å²) in [5, 5.41) is 0. The van der Waals surface area contributed by atoms with E-state index in [1.165, 1.54) is 18.9 Å². The minimum Gasteiger partial charge on any atom is -0.457 e. The molecule has 2 heteroatoms. The molecule has 0 aromatic heterocycles. The van der Waals surface area contributed by atoms with E-state index in [4.69, 9.17) is 4.74 Å². The summed E-state index contributed by atoms with van der Waals surface area (Å²) in [5.41, 5.74) is -0.409. The van der Waals surface area contributed by atoms with E-state index in [1.807, 2.05) is 26.8 Å². The Balaban J connectivity index is 3.77. The Morgan fingerprint density at radius 2 is 1.93 bits per heavy atom. The highest BCUT2D eigenvalue weighted by atomic mass is 16.6. The number of ether oxygens (including phenoxy) is 1. The maximum absolute atomic E-state index is 11.2. The van der Waals surface area contributed by atoms with Gasteiger partial charge in [0.15, 0.2) is 0 Å². The second-order valence-corrected chi connectivity index (χ2v) is 4.46. The van der Waals surface area contributed by atoms with Gasteiger partial charge in [0.2, 0.25) is 0 Å². The molecule has 0 spiro atoms. The van der Waals surface area contributed by atoms with Gasteiger partial charge < -0.3 is 4.74 Å². The Labute approximate surface area is 93.0 Å². The number of rotatable bonds is 5. The van der Waals surface area contributed by atoms with Gasteiger partial charge in [-0.25, -0.2) is 4.79 Å². The summed E-state index contributed by atoms with van der Waals surface area (Å²) < 4.78 is 5.11. The van der Waals surface area contributed by atoms with Gasteiger partial charge in [0, 0.05) is 6.08 Å². The highest BCUT2D eigenvalue weighted by Crippen LogP contribution is 2.07. The first-order valence-corrected chi connectivity index (χ1v) is 5.52. The van der Waals surface area contributed by atoms with E-state index >= 15 is 0 Å². The first-order chi connectivity index (χ1) is 6.95. The van der Waals surface area contributed by atoms with Crippen molar-refractivity contribution in [2.24, 2.45) is 0 Å². The third kappa shape index (κ3) is 10.9. The zero-order valence-electron chi connectivity index (χ0n) is 10.2. The van der Waals surface area contributed by atoms with Crippen molar-refractivity contribution in [1.29, 1.82) is 0 Å². The summed E-state index contributed by atoms with van der Waals surface area (Å²) in [5.74, 6) is -0.289. The van der Waals surface area contributed by atoms with Crippen molar-refractivity contribution in [2.75, 3.05) is 0 Å². The maximum Gasteiger partial charge on any atom is 0.331 e. The molecule has 0 radical (unpaired) electrons. The van der Waals surface area contributed by atoms with Gasteiger partial charge in [-0.3, -0.25) is 0 Å². The second-order valence-electron chi connectivity index (χ2n) is 4.46. The molecular formula is C13H22O2. The summed E-state index contributed by atoms with van der Waals surface area (Å²) in [4.78, 5) is 11.2. The zero-order valence-corrected chi connectivity index (χ0v) is 10.2. The zero-order chi connectivity index (χ0) is 11.7. The molecule has 0 N–H and O–H groups in total. The lowest BCUT2D eigenvalue weighted by atomic mass is 10.2. The molecule has 86 valence electrons. The topological polar surface area (TPSA) is 26.3 Å². The molecule has 0 aliphatic rings. The van der Waals surface area contributed by atoms with Gasteiger partial charge in [0.05, 0.1) is 0 Å². The van der Waals surface area contributed by atoms with Crippen molar-refractivity contribution in [2.45, 2.75) is 52.6 Å². The Bertz CT molecular complexity index is 231. The monoisotopic (exact) mass is 210 g/mol. The molecule has 0 aliphatic carbocycles. The lowest BCUT2D eigenvalue weighted by Crippen LogP contribution is -2.22. The summed E-state index contributed by atoms with van der Waals surface area (Å²) in [6.45, 7) is 7.73. The summed E-state index contributed by atoms with van der Waals surface area (Å²) in [7, 11) is 0. The van der Waals surface area contributed by atoms with Crippen LogP contribution in [-0.2, 0) is 9.53 Å². The molecule has 2 nitrogen and oxygen atoms in total. The summed E-state index contributed by atoms with van der Waals surface area (Å²) in [6, 6.07) is 0.